The molecule has 0 aliphatic heterocycles. The van der Waals surface area contributed by atoms with Crippen molar-refractivity contribution in [3.05, 3.63) is 58.6 Å². The number of ether oxygens (including phenoxy) is 1. The van der Waals surface area contributed by atoms with Crippen LogP contribution in [0, 0.1) is 0 Å². The molecule has 0 unspecified atom stereocenters. The Kier molecular flexibility index (Phi) is 4.50. The summed E-state index contributed by atoms with van der Waals surface area (Å²) in [6.45, 7) is 0.128. The highest BCUT2D eigenvalue weighted by Crippen LogP contribution is 2.39. The summed E-state index contributed by atoms with van der Waals surface area (Å²) in [6.07, 6.45) is 2.90. The van der Waals surface area contributed by atoms with Crippen molar-refractivity contribution in [2.45, 2.75) is 31.8 Å². The SMILES string of the molecule is FC(F)c1cc(-n2cc(COc3nccc(C4CC4)n3)nn2)ccc1Cl. The van der Waals surface area contributed by atoms with Gasteiger partial charge in [-0.3, -0.25) is 0 Å². The lowest BCUT2D eigenvalue weighted by Gasteiger charge is -2.06. The number of alkyl halides is 2. The summed E-state index contributed by atoms with van der Waals surface area (Å²) >= 11 is 5.78. The number of rotatable bonds is 6. The molecule has 0 saturated heterocycles. The van der Waals surface area contributed by atoms with Gasteiger partial charge < -0.3 is 4.74 Å². The molecule has 1 aliphatic carbocycles. The van der Waals surface area contributed by atoms with Crippen LogP contribution in [0.5, 0.6) is 6.01 Å². The Morgan fingerprint density at radius 1 is 1.27 bits per heavy atom. The van der Waals surface area contributed by atoms with Gasteiger partial charge in [-0.05, 0) is 37.1 Å². The molecule has 4 rings (SSSR count). The van der Waals surface area contributed by atoms with E-state index in [9.17, 15) is 8.78 Å². The standard InChI is InChI=1S/C17H14ClF2N5O/c18-14-4-3-12(7-13(14)16(19)20)25-8-11(23-24-25)9-26-17-21-6-5-15(22-17)10-1-2-10/h3-8,10,16H,1-2,9H2. The van der Waals surface area contributed by atoms with Crippen LogP contribution in [0.2, 0.25) is 5.02 Å². The van der Waals surface area contributed by atoms with Gasteiger partial charge in [0, 0.05) is 22.7 Å². The second-order valence-corrected chi connectivity index (χ2v) is 6.40. The largest absolute Gasteiger partial charge is 0.457 e. The molecule has 1 aromatic carbocycles. The van der Waals surface area contributed by atoms with Crippen LogP contribution in [0.3, 0.4) is 0 Å². The molecule has 0 bridgehead atoms. The van der Waals surface area contributed by atoms with E-state index in [2.05, 4.69) is 20.3 Å². The minimum Gasteiger partial charge on any atom is -0.457 e. The van der Waals surface area contributed by atoms with Crippen LogP contribution in [0.4, 0.5) is 8.78 Å². The van der Waals surface area contributed by atoms with Gasteiger partial charge in [-0.2, -0.15) is 4.98 Å². The van der Waals surface area contributed by atoms with E-state index >= 15 is 0 Å². The van der Waals surface area contributed by atoms with Crippen molar-refractivity contribution in [1.82, 2.24) is 25.0 Å². The van der Waals surface area contributed by atoms with Crippen molar-refractivity contribution in [3.63, 3.8) is 0 Å². The third-order valence-electron chi connectivity index (χ3n) is 4.02. The Morgan fingerprint density at radius 3 is 2.88 bits per heavy atom. The molecule has 9 heteroatoms. The summed E-state index contributed by atoms with van der Waals surface area (Å²) in [6, 6.07) is 6.47. The normalized spacial score (nSPS) is 14.0. The fourth-order valence-electron chi connectivity index (χ4n) is 2.50. The van der Waals surface area contributed by atoms with Crippen molar-refractivity contribution in [2.75, 3.05) is 0 Å². The van der Waals surface area contributed by atoms with Crippen LogP contribution in [-0.2, 0) is 6.61 Å². The van der Waals surface area contributed by atoms with Gasteiger partial charge in [0.25, 0.3) is 6.43 Å². The highest BCUT2D eigenvalue weighted by molar-refractivity contribution is 6.31. The number of aromatic nitrogens is 5. The molecule has 3 aromatic rings. The number of nitrogens with zero attached hydrogens (tertiary/aromatic N) is 5. The van der Waals surface area contributed by atoms with E-state index in [-0.39, 0.29) is 23.2 Å². The van der Waals surface area contributed by atoms with Crippen molar-refractivity contribution in [2.24, 2.45) is 0 Å². The first-order valence-electron chi connectivity index (χ1n) is 8.05. The Bertz CT molecular complexity index is 929. The van der Waals surface area contributed by atoms with E-state index < -0.39 is 6.43 Å². The molecule has 0 N–H and O–H groups in total. The van der Waals surface area contributed by atoms with Crippen molar-refractivity contribution in [1.29, 1.82) is 0 Å². The van der Waals surface area contributed by atoms with Crippen LogP contribution in [0.1, 0.15) is 42.1 Å². The van der Waals surface area contributed by atoms with Crippen molar-refractivity contribution >= 4 is 11.6 Å². The molecule has 0 amide bonds. The lowest BCUT2D eigenvalue weighted by molar-refractivity contribution is 0.151. The Balaban J connectivity index is 1.46. The third kappa shape index (κ3) is 3.65. The molecular formula is C17H14ClF2N5O. The van der Waals surface area contributed by atoms with E-state index in [1.54, 1.807) is 18.5 Å². The molecule has 26 heavy (non-hydrogen) atoms. The van der Waals surface area contributed by atoms with Gasteiger partial charge in [0.15, 0.2) is 0 Å². The van der Waals surface area contributed by atoms with Gasteiger partial charge in [0.1, 0.15) is 12.3 Å². The molecule has 0 atom stereocenters. The predicted molar refractivity (Wildman–Crippen MR) is 89.7 cm³/mol. The van der Waals surface area contributed by atoms with Gasteiger partial charge in [-0.1, -0.05) is 16.8 Å². The monoisotopic (exact) mass is 377 g/mol. The molecule has 2 heterocycles. The Hall–Kier alpha value is -2.61. The molecule has 6 nitrogen and oxygen atoms in total. The molecule has 1 aliphatic rings. The van der Waals surface area contributed by atoms with Gasteiger partial charge in [-0.25, -0.2) is 18.4 Å². The number of benzene rings is 1. The van der Waals surface area contributed by atoms with E-state index in [1.807, 2.05) is 6.07 Å². The maximum atomic E-state index is 13.0. The number of hydrogen-bond acceptors (Lipinski definition) is 5. The lowest BCUT2D eigenvalue weighted by atomic mass is 10.2. The van der Waals surface area contributed by atoms with Crippen LogP contribution >= 0.6 is 11.6 Å². The zero-order valence-corrected chi connectivity index (χ0v) is 14.3. The van der Waals surface area contributed by atoms with E-state index in [1.165, 1.54) is 16.8 Å². The first-order chi connectivity index (χ1) is 12.6. The fraction of sp³-hybridized carbons (Fsp3) is 0.294. The summed E-state index contributed by atoms with van der Waals surface area (Å²) in [5, 5.41) is 7.94. The van der Waals surface area contributed by atoms with Gasteiger partial charge >= 0.3 is 6.01 Å². The average molecular weight is 378 g/mol. The molecule has 2 aromatic heterocycles. The summed E-state index contributed by atoms with van der Waals surface area (Å²) in [4.78, 5) is 8.45. The van der Waals surface area contributed by atoms with Gasteiger partial charge in [-0.15, -0.1) is 5.10 Å². The molecule has 0 spiro atoms. The molecule has 1 fully saturated rings. The topological polar surface area (TPSA) is 65.7 Å². The quantitative estimate of drug-likeness (QED) is 0.647. The number of halogens is 3. The smallest absolute Gasteiger partial charge is 0.316 e. The summed E-state index contributed by atoms with van der Waals surface area (Å²) in [5.74, 6) is 0.509. The Labute approximate surface area is 152 Å². The van der Waals surface area contributed by atoms with E-state index in [0.717, 1.165) is 18.5 Å². The summed E-state index contributed by atoms with van der Waals surface area (Å²) < 4.78 is 32.9. The summed E-state index contributed by atoms with van der Waals surface area (Å²) in [5.41, 5.74) is 1.71. The zero-order valence-electron chi connectivity index (χ0n) is 13.5. The van der Waals surface area contributed by atoms with Crippen LogP contribution in [0.15, 0.2) is 36.7 Å². The van der Waals surface area contributed by atoms with Gasteiger partial charge in [0.2, 0.25) is 0 Å². The van der Waals surface area contributed by atoms with Gasteiger partial charge in [0.05, 0.1) is 17.6 Å². The average Bonchev–Trinajstić information content (AvgIpc) is 3.39. The van der Waals surface area contributed by atoms with E-state index in [4.69, 9.17) is 16.3 Å². The minimum atomic E-state index is -2.66. The van der Waals surface area contributed by atoms with Crippen molar-refractivity contribution in [3.8, 4) is 11.7 Å². The molecule has 1 saturated carbocycles. The predicted octanol–water partition coefficient (Wildman–Crippen LogP) is 4.10. The second kappa shape index (κ2) is 6.95. The fourth-order valence-corrected chi connectivity index (χ4v) is 2.70. The van der Waals surface area contributed by atoms with E-state index in [0.29, 0.717) is 17.3 Å². The first-order valence-corrected chi connectivity index (χ1v) is 8.43. The van der Waals surface area contributed by atoms with Crippen LogP contribution in [-0.4, -0.2) is 25.0 Å². The minimum absolute atomic E-state index is 0.0140. The maximum absolute atomic E-state index is 13.0. The highest BCUT2D eigenvalue weighted by Gasteiger charge is 2.25. The molecular weight excluding hydrogens is 364 g/mol. The highest BCUT2D eigenvalue weighted by atomic mass is 35.5. The van der Waals surface area contributed by atoms with Crippen LogP contribution in [0.25, 0.3) is 5.69 Å². The maximum Gasteiger partial charge on any atom is 0.316 e. The second-order valence-electron chi connectivity index (χ2n) is 5.99. The molecule has 134 valence electrons. The first kappa shape index (κ1) is 16.8. The summed E-state index contributed by atoms with van der Waals surface area (Å²) in [7, 11) is 0. The number of hydrogen-bond donors (Lipinski definition) is 0. The lowest BCUT2D eigenvalue weighted by Crippen LogP contribution is -2.01. The Morgan fingerprint density at radius 2 is 2.12 bits per heavy atom. The van der Waals surface area contributed by atoms with Crippen LogP contribution < -0.4 is 4.74 Å². The third-order valence-corrected chi connectivity index (χ3v) is 4.36. The molecule has 0 radical (unpaired) electrons. The zero-order chi connectivity index (χ0) is 18.1. The van der Waals surface area contributed by atoms with Crippen molar-refractivity contribution < 1.29 is 13.5 Å².